The van der Waals surface area contributed by atoms with Crippen LogP contribution in [0.25, 0.3) is 10.1 Å². The first kappa shape index (κ1) is 13.6. The molecule has 0 saturated carbocycles. The number of hydrogen-bond donors (Lipinski definition) is 1. The lowest BCUT2D eigenvalue weighted by molar-refractivity contribution is 0.415. The quantitative estimate of drug-likeness (QED) is 0.773. The molecule has 0 amide bonds. The van der Waals surface area contributed by atoms with Crippen molar-refractivity contribution in [1.82, 2.24) is 4.98 Å². The molecule has 0 bridgehead atoms. The number of rotatable bonds is 3. The number of aromatic nitrogens is 1. The minimum atomic E-state index is 0. The van der Waals surface area contributed by atoms with Gasteiger partial charge in [0.15, 0.2) is 0 Å². The predicted molar refractivity (Wildman–Crippen MR) is 83.1 cm³/mol. The first-order valence-electron chi connectivity index (χ1n) is 5.59. The van der Waals surface area contributed by atoms with Crippen molar-refractivity contribution in [3.63, 3.8) is 0 Å². The van der Waals surface area contributed by atoms with Gasteiger partial charge in [0.1, 0.15) is 5.75 Å². The largest absolute Gasteiger partial charge is 0.497 e. The number of hydrogen-bond acceptors (Lipinski definition) is 4. The first-order valence-corrected chi connectivity index (χ1v) is 6.47. The summed E-state index contributed by atoms with van der Waals surface area (Å²) in [4.78, 5) is 4.01. The van der Waals surface area contributed by atoms with Crippen LogP contribution in [-0.2, 0) is 0 Å². The van der Waals surface area contributed by atoms with Crippen molar-refractivity contribution in [2.45, 2.75) is 0 Å². The zero-order valence-electron chi connectivity index (χ0n) is 10.3. The minimum absolute atomic E-state index is 0. The van der Waals surface area contributed by atoms with Crippen molar-refractivity contribution in [1.29, 1.82) is 0 Å². The number of ether oxygens (including phenoxy) is 1. The van der Waals surface area contributed by atoms with Gasteiger partial charge >= 0.3 is 0 Å². The van der Waals surface area contributed by atoms with E-state index in [0.717, 1.165) is 17.1 Å². The minimum Gasteiger partial charge on any atom is -0.497 e. The second kappa shape index (κ2) is 5.91. The lowest BCUT2D eigenvalue weighted by Gasteiger charge is -2.04. The summed E-state index contributed by atoms with van der Waals surface area (Å²) < 4.78 is 6.44. The summed E-state index contributed by atoms with van der Waals surface area (Å²) in [6.45, 7) is 0. The van der Waals surface area contributed by atoms with Crippen molar-refractivity contribution < 1.29 is 4.74 Å². The molecule has 0 saturated heterocycles. The number of fused-ring (bicyclic) bond motifs is 1. The Bertz CT molecular complexity index is 670. The average molecular weight is 293 g/mol. The van der Waals surface area contributed by atoms with Crippen LogP contribution in [-0.4, -0.2) is 12.1 Å². The molecule has 3 nitrogen and oxygen atoms in total. The number of halogens is 1. The van der Waals surface area contributed by atoms with E-state index < -0.39 is 0 Å². The molecular weight excluding hydrogens is 280 g/mol. The molecule has 3 rings (SSSR count). The number of pyridine rings is 1. The van der Waals surface area contributed by atoms with E-state index in [1.54, 1.807) is 30.8 Å². The molecule has 19 heavy (non-hydrogen) atoms. The van der Waals surface area contributed by atoms with Crippen LogP contribution < -0.4 is 10.1 Å². The lowest BCUT2D eigenvalue weighted by Crippen LogP contribution is -1.88. The molecular formula is C14H13ClN2OS. The molecule has 0 unspecified atom stereocenters. The second-order valence-electron chi connectivity index (χ2n) is 3.87. The normalized spacial score (nSPS) is 9.95. The highest BCUT2D eigenvalue weighted by Crippen LogP contribution is 2.34. The molecule has 0 aliphatic rings. The van der Waals surface area contributed by atoms with Crippen LogP contribution in [0.2, 0.25) is 0 Å². The molecule has 3 aromatic rings. The van der Waals surface area contributed by atoms with Gasteiger partial charge in [-0.05, 0) is 30.3 Å². The van der Waals surface area contributed by atoms with E-state index in [2.05, 4.69) is 27.8 Å². The van der Waals surface area contributed by atoms with Gasteiger partial charge in [-0.3, -0.25) is 4.98 Å². The number of nitrogens with one attached hydrogen (secondary N) is 1. The molecule has 5 heteroatoms. The van der Waals surface area contributed by atoms with Crippen molar-refractivity contribution >= 4 is 45.2 Å². The molecule has 0 aliphatic carbocycles. The molecule has 1 N–H and O–H groups in total. The number of anilines is 2. The fraction of sp³-hybridized carbons (Fsp3) is 0.0714. The summed E-state index contributed by atoms with van der Waals surface area (Å²) in [7, 11) is 1.69. The molecule has 98 valence electrons. The van der Waals surface area contributed by atoms with E-state index in [0.29, 0.717) is 0 Å². The Morgan fingerprint density at radius 1 is 1.16 bits per heavy atom. The van der Waals surface area contributed by atoms with Crippen LogP contribution in [0.1, 0.15) is 0 Å². The average Bonchev–Trinajstić information content (AvgIpc) is 2.82. The Kier molecular flexibility index (Phi) is 4.24. The van der Waals surface area contributed by atoms with Crippen molar-refractivity contribution in [3.8, 4) is 5.75 Å². The molecule has 0 aliphatic heterocycles. The Balaban J connectivity index is 0.00000133. The first-order chi connectivity index (χ1) is 8.86. The maximum atomic E-state index is 5.23. The summed E-state index contributed by atoms with van der Waals surface area (Å²) in [5.41, 5.74) is 2.16. The van der Waals surface area contributed by atoms with Crippen molar-refractivity contribution in [2.75, 3.05) is 12.4 Å². The van der Waals surface area contributed by atoms with Crippen LogP contribution in [0, 0.1) is 0 Å². The number of benzene rings is 1. The Labute approximate surface area is 121 Å². The summed E-state index contributed by atoms with van der Waals surface area (Å²) in [6.07, 6.45) is 3.56. The Morgan fingerprint density at radius 3 is 2.68 bits per heavy atom. The van der Waals surface area contributed by atoms with E-state index in [1.807, 2.05) is 18.2 Å². The van der Waals surface area contributed by atoms with E-state index >= 15 is 0 Å². The zero-order chi connectivity index (χ0) is 12.4. The van der Waals surface area contributed by atoms with Gasteiger partial charge in [-0.1, -0.05) is 0 Å². The smallest absolute Gasteiger partial charge is 0.120 e. The maximum Gasteiger partial charge on any atom is 0.120 e. The predicted octanol–water partition coefficient (Wildman–Crippen LogP) is 4.47. The molecule has 2 heterocycles. The molecule has 0 radical (unpaired) electrons. The maximum absolute atomic E-state index is 5.23. The molecule has 0 atom stereocenters. The molecule has 0 spiro atoms. The van der Waals surface area contributed by atoms with Gasteiger partial charge in [-0.2, -0.15) is 0 Å². The van der Waals surface area contributed by atoms with Gasteiger partial charge in [0.2, 0.25) is 0 Å². The third kappa shape index (κ3) is 2.80. The van der Waals surface area contributed by atoms with Gasteiger partial charge in [-0.15, -0.1) is 23.7 Å². The van der Waals surface area contributed by atoms with Crippen LogP contribution in [0.15, 0.2) is 48.1 Å². The summed E-state index contributed by atoms with van der Waals surface area (Å²) in [5.74, 6) is 0.889. The zero-order valence-corrected chi connectivity index (χ0v) is 11.9. The molecule has 2 aromatic heterocycles. The number of thiophene rings is 1. The third-order valence-corrected chi connectivity index (χ3v) is 3.69. The highest BCUT2D eigenvalue weighted by Gasteiger charge is 2.05. The van der Waals surface area contributed by atoms with E-state index in [4.69, 9.17) is 4.74 Å². The van der Waals surface area contributed by atoms with Crippen molar-refractivity contribution in [3.05, 3.63) is 48.1 Å². The number of methoxy groups -OCH3 is 1. The monoisotopic (exact) mass is 292 g/mol. The third-order valence-electron chi connectivity index (χ3n) is 2.74. The summed E-state index contributed by atoms with van der Waals surface area (Å²) in [5, 5.41) is 6.72. The van der Waals surface area contributed by atoms with Crippen LogP contribution in [0.5, 0.6) is 5.75 Å². The highest BCUT2D eigenvalue weighted by atomic mass is 35.5. The van der Waals surface area contributed by atoms with Gasteiger partial charge < -0.3 is 10.1 Å². The van der Waals surface area contributed by atoms with Crippen LogP contribution in [0.4, 0.5) is 11.4 Å². The second-order valence-corrected chi connectivity index (χ2v) is 4.78. The van der Waals surface area contributed by atoms with E-state index in [-0.39, 0.29) is 12.4 Å². The van der Waals surface area contributed by atoms with Gasteiger partial charge in [0.25, 0.3) is 0 Å². The summed E-state index contributed by atoms with van der Waals surface area (Å²) in [6, 6.07) is 10.0. The van der Waals surface area contributed by atoms with Gasteiger partial charge in [-0.25, -0.2) is 0 Å². The number of nitrogens with zero attached hydrogens (tertiary/aromatic N) is 1. The SMILES string of the molecule is COc1ccc2c(Nc3ccncc3)csc2c1.Cl. The molecule has 1 aromatic carbocycles. The van der Waals surface area contributed by atoms with Gasteiger partial charge in [0, 0.05) is 33.5 Å². The highest BCUT2D eigenvalue weighted by molar-refractivity contribution is 7.17. The van der Waals surface area contributed by atoms with Crippen LogP contribution >= 0.6 is 23.7 Å². The fourth-order valence-corrected chi connectivity index (χ4v) is 2.74. The lowest BCUT2D eigenvalue weighted by atomic mass is 10.2. The topological polar surface area (TPSA) is 34.1 Å². The standard InChI is InChI=1S/C14H12N2OS.ClH/c1-17-11-2-3-12-13(9-18-14(12)8-11)16-10-4-6-15-7-5-10;/h2-9H,1H3,(H,15,16);1H. The van der Waals surface area contributed by atoms with Crippen LogP contribution in [0.3, 0.4) is 0 Å². The van der Waals surface area contributed by atoms with Gasteiger partial charge in [0.05, 0.1) is 12.8 Å². The fourth-order valence-electron chi connectivity index (χ4n) is 1.82. The van der Waals surface area contributed by atoms with E-state index in [1.165, 1.54) is 10.1 Å². The molecule has 0 fully saturated rings. The van der Waals surface area contributed by atoms with E-state index in [9.17, 15) is 0 Å². The Hall–Kier alpha value is -1.78. The Morgan fingerprint density at radius 2 is 1.95 bits per heavy atom. The summed E-state index contributed by atoms with van der Waals surface area (Å²) >= 11 is 1.70. The van der Waals surface area contributed by atoms with Crippen molar-refractivity contribution in [2.24, 2.45) is 0 Å².